The summed E-state index contributed by atoms with van der Waals surface area (Å²) in [5.74, 6) is -0.244. The van der Waals surface area contributed by atoms with Crippen molar-refractivity contribution in [3.8, 4) is 0 Å². The Morgan fingerprint density at radius 2 is 1.89 bits per heavy atom. The van der Waals surface area contributed by atoms with Crippen LogP contribution in [0.25, 0.3) is 0 Å². The van der Waals surface area contributed by atoms with E-state index in [4.69, 9.17) is 0 Å². The van der Waals surface area contributed by atoms with Crippen LogP contribution in [0.5, 0.6) is 0 Å². The van der Waals surface area contributed by atoms with Crippen LogP contribution in [0.2, 0.25) is 0 Å². The molecule has 2 heterocycles. The van der Waals surface area contributed by atoms with E-state index in [1.165, 1.54) is 0 Å². The zero-order valence-corrected chi connectivity index (χ0v) is 16.2. The zero-order valence-electron chi connectivity index (χ0n) is 16.2. The van der Waals surface area contributed by atoms with E-state index in [0.29, 0.717) is 24.6 Å². The predicted molar refractivity (Wildman–Crippen MR) is 106 cm³/mol. The molecule has 1 aliphatic rings. The fraction of sp³-hybridized carbons (Fsp3) is 0.381. The van der Waals surface area contributed by atoms with Gasteiger partial charge in [0.05, 0.1) is 5.69 Å². The SMILES string of the molecule is C=CCNC(=O)c1nc(C(=O)Nc2c(C)cc(C)cc2C)n2c1CCCC2. The number of rotatable bonds is 5. The van der Waals surface area contributed by atoms with Gasteiger partial charge in [-0.3, -0.25) is 9.59 Å². The largest absolute Gasteiger partial charge is 0.347 e. The predicted octanol–water partition coefficient (Wildman–Crippen LogP) is 3.31. The van der Waals surface area contributed by atoms with Crippen molar-refractivity contribution >= 4 is 17.5 Å². The van der Waals surface area contributed by atoms with Gasteiger partial charge in [-0.15, -0.1) is 6.58 Å². The number of imidazole rings is 1. The second kappa shape index (κ2) is 7.78. The number of benzene rings is 1. The van der Waals surface area contributed by atoms with Gasteiger partial charge in [-0.2, -0.15) is 0 Å². The molecule has 6 heteroatoms. The highest BCUT2D eigenvalue weighted by Crippen LogP contribution is 2.25. The molecule has 0 bridgehead atoms. The summed E-state index contributed by atoms with van der Waals surface area (Å²) in [7, 11) is 0. The van der Waals surface area contributed by atoms with Crippen molar-refractivity contribution in [3.05, 3.63) is 58.7 Å². The number of nitrogens with one attached hydrogen (secondary N) is 2. The molecule has 1 aromatic carbocycles. The lowest BCUT2D eigenvalue weighted by molar-refractivity contribution is 0.0952. The number of nitrogens with zero attached hydrogens (tertiary/aromatic N) is 2. The summed E-state index contributed by atoms with van der Waals surface area (Å²) in [5, 5.41) is 5.76. The zero-order chi connectivity index (χ0) is 19.6. The lowest BCUT2D eigenvalue weighted by Crippen LogP contribution is -2.25. The molecule has 1 aliphatic heterocycles. The van der Waals surface area contributed by atoms with Gasteiger partial charge in [0, 0.05) is 18.8 Å². The highest BCUT2D eigenvalue weighted by Gasteiger charge is 2.27. The second-order valence-electron chi connectivity index (χ2n) is 7.07. The van der Waals surface area contributed by atoms with Gasteiger partial charge in [0.2, 0.25) is 0 Å². The van der Waals surface area contributed by atoms with Gasteiger partial charge in [-0.05, 0) is 51.2 Å². The fourth-order valence-corrected chi connectivity index (χ4v) is 3.69. The Balaban J connectivity index is 1.94. The minimum absolute atomic E-state index is 0.262. The van der Waals surface area contributed by atoms with Crippen LogP contribution in [0.15, 0.2) is 24.8 Å². The molecule has 3 rings (SSSR count). The molecule has 0 atom stereocenters. The van der Waals surface area contributed by atoms with Crippen molar-refractivity contribution in [2.24, 2.45) is 0 Å². The molecule has 2 amide bonds. The van der Waals surface area contributed by atoms with E-state index in [0.717, 1.165) is 47.3 Å². The van der Waals surface area contributed by atoms with Crippen molar-refractivity contribution in [3.63, 3.8) is 0 Å². The quantitative estimate of drug-likeness (QED) is 0.797. The number of carbonyl (C=O) groups excluding carboxylic acids is 2. The van der Waals surface area contributed by atoms with Crippen molar-refractivity contribution in [2.45, 2.75) is 46.6 Å². The smallest absolute Gasteiger partial charge is 0.291 e. The monoisotopic (exact) mass is 366 g/mol. The molecule has 0 unspecified atom stereocenters. The average Bonchev–Trinajstić information content (AvgIpc) is 3.02. The first kappa shape index (κ1) is 18.9. The highest BCUT2D eigenvalue weighted by atomic mass is 16.2. The molecular formula is C21H26N4O2. The molecule has 0 fully saturated rings. The Morgan fingerprint density at radius 1 is 1.19 bits per heavy atom. The summed E-state index contributed by atoms with van der Waals surface area (Å²) in [5.41, 5.74) is 5.16. The normalized spacial score (nSPS) is 13.0. The van der Waals surface area contributed by atoms with Gasteiger partial charge in [-0.1, -0.05) is 23.8 Å². The third-order valence-electron chi connectivity index (χ3n) is 4.86. The first-order chi connectivity index (χ1) is 12.9. The molecule has 1 aromatic heterocycles. The van der Waals surface area contributed by atoms with Crippen molar-refractivity contribution in [2.75, 3.05) is 11.9 Å². The van der Waals surface area contributed by atoms with E-state index in [-0.39, 0.29) is 11.8 Å². The maximum Gasteiger partial charge on any atom is 0.291 e. The van der Waals surface area contributed by atoms with Gasteiger partial charge in [-0.25, -0.2) is 4.98 Å². The van der Waals surface area contributed by atoms with Gasteiger partial charge in [0.25, 0.3) is 11.8 Å². The van der Waals surface area contributed by atoms with Crippen LogP contribution in [0.4, 0.5) is 5.69 Å². The number of carbonyl (C=O) groups is 2. The third-order valence-corrected chi connectivity index (χ3v) is 4.86. The third kappa shape index (κ3) is 3.79. The molecule has 0 saturated carbocycles. The fourth-order valence-electron chi connectivity index (χ4n) is 3.69. The summed E-state index contributed by atoms with van der Waals surface area (Å²) in [4.78, 5) is 29.9. The maximum absolute atomic E-state index is 13.0. The lowest BCUT2D eigenvalue weighted by Gasteiger charge is -2.18. The first-order valence-corrected chi connectivity index (χ1v) is 9.30. The topological polar surface area (TPSA) is 76.0 Å². The van der Waals surface area contributed by atoms with Crippen LogP contribution >= 0.6 is 0 Å². The molecule has 27 heavy (non-hydrogen) atoms. The Labute approximate surface area is 159 Å². The van der Waals surface area contributed by atoms with Gasteiger partial charge >= 0.3 is 0 Å². The van der Waals surface area contributed by atoms with Crippen LogP contribution in [0.1, 0.15) is 56.3 Å². The van der Waals surface area contributed by atoms with E-state index in [2.05, 4.69) is 22.2 Å². The van der Waals surface area contributed by atoms with E-state index in [1.54, 1.807) is 6.08 Å². The molecule has 142 valence electrons. The van der Waals surface area contributed by atoms with Crippen molar-refractivity contribution in [1.82, 2.24) is 14.9 Å². The van der Waals surface area contributed by atoms with E-state index in [9.17, 15) is 9.59 Å². The van der Waals surface area contributed by atoms with Crippen LogP contribution in [-0.2, 0) is 13.0 Å². The summed E-state index contributed by atoms with van der Waals surface area (Å²) in [6.07, 6.45) is 4.33. The van der Waals surface area contributed by atoms with Crippen LogP contribution in [0.3, 0.4) is 0 Å². The number of hydrogen-bond acceptors (Lipinski definition) is 3. The minimum atomic E-state index is -0.282. The van der Waals surface area contributed by atoms with Gasteiger partial charge < -0.3 is 15.2 Å². The Kier molecular flexibility index (Phi) is 5.44. The van der Waals surface area contributed by atoms with E-state index < -0.39 is 0 Å². The number of hydrogen-bond donors (Lipinski definition) is 2. The van der Waals surface area contributed by atoms with Crippen molar-refractivity contribution < 1.29 is 9.59 Å². The number of amides is 2. The maximum atomic E-state index is 13.0. The lowest BCUT2D eigenvalue weighted by atomic mass is 10.1. The average molecular weight is 366 g/mol. The Morgan fingerprint density at radius 3 is 2.56 bits per heavy atom. The number of aromatic nitrogens is 2. The van der Waals surface area contributed by atoms with Crippen molar-refractivity contribution in [1.29, 1.82) is 0 Å². The molecular weight excluding hydrogens is 340 g/mol. The van der Waals surface area contributed by atoms with Gasteiger partial charge in [0.15, 0.2) is 5.82 Å². The summed E-state index contributed by atoms with van der Waals surface area (Å²) < 4.78 is 1.89. The summed E-state index contributed by atoms with van der Waals surface area (Å²) in [6.45, 7) is 10.7. The number of fused-ring (bicyclic) bond motifs is 1. The van der Waals surface area contributed by atoms with Crippen LogP contribution in [0, 0.1) is 20.8 Å². The number of anilines is 1. The molecule has 0 radical (unpaired) electrons. The summed E-state index contributed by atoms with van der Waals surface area (Å²) >= 11 is 0. The summed E-state index contributed by atoms with van der Waals surface area (Å²) in [6, 6.07) is 4.08. The Bertz CT molecular complexity index is 888. The molecule has 6 nitrogen and oxygen atoms in total. The van der Waals surface area contributed by atoms with E-state index in [1.807, 2.05) is 37.5 Å². The molecule has 0 aliphatic carbocycles. The second-order valence-corrected chi connectivity index (χ2v) is 7.07. The molecule has 0 spiro atoms. The Hall–Kier alpha value is -2.89. The van der Waals surface area contributed by atoms with E-state index >= 15 is 0 Å². The first-order valence-electron chi connectivity index (χ1n) is 9.30. The minimum Gasteiger partial charge on any atom is -0.347 e. The van der Waals surface area contributed by atoms with Crippen LogP contribution < -0.4 is 10.6 Å². The van der Waals surface area contributed by atoms with Crippen LogP contribution in [-0.4, -0.2) is 27.9 Å². The standard InChI is InChI=1S/C21H26N4O2/c1-5-9-22-20(26)18-16-8-6-7-10-25(16)19(23-18)21(27)24-17-14(3)11-13(2)12-15(17)4/h5,11-12H,1,6-10H2,2-4H3,(H,22,26)(H,24,27). The van der Waals surface area contributed by atoms with Gasteiger partial charge in [0.1, 0.15) is 5.69 Å². The highest BCUT2D eigenvalue weighted by molar-refractivity contribution is 6.04. The molecule has 0 saturated heterocycles. The number of aryl methyl sites for hydroxylation is 3. The molecule has 2 aromatic rings. The molecule has 2 N–H and O–H groups in total.